The van der Waals surface area contributed by atoms with Crippen LogP contribution < -0.4 is 0 Å². The second-order valence-electron chi connectivity index (χ2n) is 2.06. The maximum atomic E-state index is 10.6. The van der Waals surface area contributed by atoms with Crippen molar-refractivity contribution in [2.24, 2.45) is 5.16 Å². The highest BCUT2D eigenvalue weighted by atomic mass is 35.5. The molecule has 0 amide bonds. The second-order valence-corrected chi connectivity index (χ2v) is 2.44. The molecule has 0 rings (SSSR count). The predicted octanol–water partition coefficient (Wildman–Crippen LogP) is 2.16. The first-order chi connectivity index (χ1) is 5.70. The first kappa shape index (κ1) is 11.2. The second kappa shape index (κ2) is 6.91. The highest BCUT2D eigenvalue weighted by Gasteiger charge is 2.01. The standard InChI is InChI=1S/C7H12ClNO3/c1-3-6(2)9-12-7(10)11-5-4-8/h3-5H2,1-2H3. The Kier molecular flexibility index (Phi) is 6.47. The summed E-state index contributed by atoms with van der Waals surface area (Å²) in [5, 5.41) is 3.49. The van der Waals surface area contributed by atoms with E-state index in [0.29, 0.717) is 0 Å². The Morgan fingerprint density at radius 2 is 2.25 bits per heavy atom. The number of hydrogen-bond donors (Lipinski definition) is 0. The van der Waals surface area contributed by atoms with Crippen molar-refractivity contribution in [2.45, 2.75) is 20.3 Å². The van der Waals surface area contributed by atoms with Gasteiger partial charge in [0.1, 0.15) is 6.61 Å². The van der Waals surface area contributed by atoms with Crippen LogP contribution in [0.15, 0.2) is 5.16 Å². The van der Waals surface area contributed by atoms with E-state index >= 15 is 0 Å². The average Bonchev–Trinajstić information content (AvgIpc) is 2.10. The smallest absolute Gasteiger partial charge is 0.431 e. The molecule has 0 radical (unpaired) electrons. The molecule has 0 aromatic carbocycles. The molecule has 0 bridgehead atoms. The minimum Gasteiger partial charge on any atom is -0.431 e. The summed E-state index contributed by atoms with van der Waals surface area (Å²) in [7, 11) is 0. The van der Waals surface area contributed by atoms with E-state index in [1.165, 1.54) is 0 Å². The van der Waals surface area contributed by atoms with Gasteiger partial charge in [-0.25, -0.2) is 4.79 Å². The average molecular weight is 194 g/mol. The lowest BCUT2D eigenvalue weighted by Gasteiger charge is -1.98. The number of carbonyl (C=O) groups is 1. The van der Waals surface area contributed by atoms with Gasteiger partial charge >= 0.3 is 6.16 Å². The highest BCUT2D eigenvalue weighted by Crippen LogP contribution is 1.90. The zero-order valence-electron chi connectivity index (χ0n) is 7.17. The molecule has 0 atom stereocenters. The molecule has 0 aliphatic heterocycles. The highest BCUT2D eigenvalue weighted by molar-refractivity contribution is 6.18. The maximum absolute atomic E-state index is 10.6. The van der Waals surface area contributed by atoms with Crippen LogP contribution in [0.2, 0.25) is 0 Å². The largest absolute Gasteiger partial charge is 0.535 e. The van der Waals surface area contributed by atoms with Gasteiger partial charge in [0.2, 0.25) is 0 Å². The molecule has 70 valence electrons. The van der Waals surface area contributed by atoms with Crippen molar-refractivity contribution in [3.05, 3.63) is 0 Å². The lowest BCUT2D eigenvalue weighted by atomic mass is 10.3. The van der Waals surface area contributed by atoms with Crippen LogP contribution in [0.5, 0.6) is 0 Å². The monoisotopic (exact) mass is 193 g/mol. The van der Waals surface area contributed by atoms with Gasteiger partial charge < -0.3 is 4.74 Å². The number of ether oxygens (including phenoxy) is 1. The Hall–Kier alpha value is -0.770. The molecule has 5 heteroatoms. The predicted molar refractivity (Wildman–Crippen MR) is 46.6 cm³/mol. The Morgan fingerprint density at radius 1 is 1.58 bits per heavy atom. The van der Waals surface area contributed by atoms with E-state index in [2.05, 4.69) is 14.7 Å². The molecular formula is C7H12ClNO3. The van der Waals surface area contributed by atoms with Gasteiger partial charge in [0, 0.05) is 0 Å². The van der Waals surface area contributed by atoms with E-state index in [0.717, 1.165) is 12.1 Å². The third kappa shape index (κ3) is 5.97. The Balaban J connectivity index is 3.56. The number of nitrogens with zero attached hydrogens (tertiary/aromatic N) is 1. The summed E-state index contributed by atoms with van der Waals surface area (Å²) in [6.07, 6.45) is -0.0774. The fraction of sp³-hybridized carbons (Fsp3) is 0.714. The Labute approximate surface area is 76.5 Å². The molecule has 12 heavy (non-hydrogen) atoms. The fourth-order valence-corrected chi connectivity index (χ4v) is 0.405. The number of oxime groups is 1. The molecule has 4 nitrogen and oxygen atoms in total. The Bertz CT molecular complexity index is 170. The first-order valence-corrected chi connectivity index (χ1v) is 4.17. The molecular weight excluding hydrogens is 182 g/mol. The van der Waals surface area contributed by atoms with Gasteiger partial charge in [0.15, 0.2) is 0 Å². The van der Waals surface area contributed by atoms with Crippen molar-refractivity contribution in [2.75, 3.05) is 12.5 Å². The van der Waals surface area contributed by atoms with Crippen LogP contribution in [0.3, 0.4) is 0 Å². The van der Waals surface area contributed by atoms with E-state index in [4.69, 9.17) is 11.6 Å². The van der Waals surface area contributed by atoms with E-state index in [9.17, 15) is 4.79 Å². The van der Waals surface area contributed by atoms with Crippen molar-refractivity contribution < 1.29 is 14.4 Å². The zero-order chi connectivity index (χ0) is 9.40. The zero-order valence-corrected chi connectivity index (χ0v) is 7.93. The molecule has 0 aromatic heterocycles. The van der Waals surface area contributed by atoms with Gasteiger partial charge in [0.25, 0.3) is 0 Å². The molecule has 0 unspecified atom stereocenters. The van der Waals surface area contributed by atoms with Crippen molar-refractivity contribution >= 4 is 23.5 Å². The minimum absolute atomic E-state index is 0.140. The van der Waals surface area contributed by atoms with Gasteiger partial charge in [-0.3, -0.25) is 4.84 Å². The van der Waals surface area contributed by atoms with Crippen LogP contribution in [0.1, 0.15) is 20.3 Å². The maximum Gasteiger partial charge on any atom is 0.535 e. The van der Waals surface area contributed by atoms with Crippen molar-refractivity contribution in [3.63, 3.8) is 0 Å². The summed E-state index contributed by atoms with van der Waals surface area (Å²) in [5.74, 6) is 0.256. The Morgan fingerprint density at radius 3 is 2.75 bits per heavy atom. The molecule has 0 heterocycles. The van der Waals surface area contributed by atoms with Crippen LogP contribution in [-0.2, 0) is 9.57 Å². The van der Waals surface area contributed by atoms with Crippen molar-refractivity contribution in [3.8, 4) is 0 Å². The van der Waals surface area contributed by atoms with E-state index in [-0.39, 0.29) is 12.5 Å². The number of alkyl halides is 1. The SMILES string of the molecule is CCC(C)=NOC(=O)OCCCl. The van der Waals surface area contributed by atoms with E-state index in [1.54, 1.807) is 6.92 Å². The quantitative estimate of drug-likeness (QED) is 0.226. The summed E-state index contributed by atoms with van der Waals surface area (Å²) < 4.78 is 4.49. The molecule has 0 saturated heterocycles. The van der Waals surface area contributed by atoms with Crippen molar-refractivity contribution in [1.29, 1.82) is 0 Å². The van der Waals surface area contributed by atoms with Crippen LogP contribution in [0, 0.1) is 0 Å². The number of halogens is 1. The van der Waals surface area contributed by atoms with E-state index in [1.807, 2.05) is 6.92 Å². The van der Waals surface area contributed by atoms with E-state index < -0.39 is 6.16 Å². The summed E-state index contributed by atoms with van der Waals surface area (Å²) in [6, 6.07) is 0. The normalized spacial score (nSPS) is 11.1. The number of carbonyl (C=O) groups excluding carboxylic acids is 1. The lowest BCUT2D eigenvalue weighted by molar-refractivity contribution is 0.0616. The van der Waals surface area contributed by atoms with Crippen LogP contribution in [0.25, 0.3) is 0 Å². The van der Waals surface area contributed by atoms with Gasteiger partial charge in [-0.1, -0.05) is 12.1 Å². The van der Waals surface area contributed by atoms with Gasteiger partial charge in [0.05, 0.1) is 11.6 Å². The summed E-state index contributed by atoms with van der Waals surface area (Å²) in [4.78, 5) is 15.0. The molecule has 0 spiro atoms. The van der Waals surface area contributed by atoms with Gasteiger partial charge in [-0.2, -0.15) is 0 Å². The lowest BCUT2D eigenvalue weighted by Crippen LogP contribution is -2.06. The van der Waals surface area contributed by atoms with Gasteiger partial charge in [-0.05, 0) is 13.3 Å². The van der Waals surface area contributed by atoms with Crippen LogP contribution in [-0.4, -0.2) is 24.4 Å². The summed E-state index contributed by atoms with van der Waals surface area (Å²) >= 11 is 5.27. The molecule has 0 aliphatic rings. The van der Waals surface area contributed by atoms with Crippen molar-refractivity contribution in [1.82, 2.24) is 0 Å². The number of hydrogen-bond acceptors (Lipinski definition) is 4. The molecule has 0 N–H and O–H groups in total. The minimum atomic E-state index is -0.816. The first-order valence-electron chi connectivity index (χ1n) is 3.64. The molecule has 0 aliphatic carbocycles. The van der Waals surface area contributed by atoms with Crippen LogP contribution in [0.4, 0.5) is 4.79 Å². The molecule has 0 fully saturated rings. The third-order valence-corrected chi connectivity index (χ3v) is 1.24. The summed E-state index contributed by atoms with van der Waals surface area (Å²) in [6.45, 7) is 3.81. The van der Waals surface area contributed by atoms with Crippen LogP contribution >= 0.6 is 11.6 Å². The molecule has 0 aromatic rings. The number of rotatable bonds is 4. The third-order valence-electron chi connectivity index (χ3n) is 1.08. The summed E-state index contributed by atoms with van der Waals surface area (Å²) in [5.41, 5.74) is 0.734. The fourth-order valence-electron chi connectivity index (χ4n) is 0.328. The topological polar surface area (TPSA) is 47.9 Å². The molecule has 0 saturated carbocycles. The van der Waals surface area contributed by atoms with Gasteiger partial charge in [-0.15, -0.1) is 11.6 Å².